The highest BCUT2D eigenvalue weighted by atomic mass is 32.1. The lowest BCUT2D eigenvalue weighted by Gasteiger charge is -2.40. The summed E-state index contributed by atoms with van der Waals surface area (Å²) >= 11 is 1.59. The number of carbonyl (C=O) groups excluding carboxylic acids is 2. The molecule has 4 rings (SSSR count). The SMILES string of the molecule is O=C(NCc1ccsc1)[C@H]1OCC(=O)N(C2CC2)[C@@H]1c1cccnc1. The Hall–Kier alpha value is -2.25. The Balaban J connectivity index is 1.57. The molecule has 2 amide bonds. The zero-order chi connectivity index (χ0) is 17.2. The molecule has 130 valence electrons. The lowest BCUT2D eigenvalue weighted by molar-refractivity contribution is -0.165. The third-order valence-corrected chi connectivity index (χ3v) is 5.26. The molecule has 1 saturated carbocycles. The van der Waals surface area contributed by atoms with Crippen LogP contribution in [0.2, 0.25) is 0 Å². The molecule has 1 aliphatic carbocycles. The van der Waals surface area contributed by atoms with Gasteiger partial charge >= 0.3 is 0 Å². The molecule has 0 radical (unpaired) electrons. The van der Waals surface area contributed by atoms with Crippen LogP contribution in [0, 0.1) is 0 Å². The first-order valence-corrected chi connectivity index (χ1v) is 9.30. The van der Waals surface area contributed by atoms with Crippen LogP contribution in [0.3, 0.4) is 0 Å². The maximum atomic E-state index is 12.8. The van der Waals surface area contributed by atoms with Gasteiger partial charge in [-0.05, 0) is 46.9 Å². The molecule has 0 unspecified atom stereocenters. The van der Waals surface area contributed by atoms with Crippen LogP contribution in [0.4, 0.5) is 0 Å². The summed E-state index contributed by atoms with van der Waals surface area (Å²) in [5, 5.41) is 6.91. The number of amides is 2. The van der Waals surface area contributed by atoms with E-state index in [9.17, 15) is 9.59 Å². The third kappa shape index (κ3) is 3.43. The normalized spacial score (nSPS) is 23.5. The van der Waals surface area contributed by atoms with Crippen LogP contribution in [-0.4, -0.2) is 40.5 Å². The molecule has 0 aromatic carbocycles. The Morgan fingerprint density at radius 2 is 2.28 bits per heavy atom. The van der Waals surface area contributed by atoms with Crippen LogP contribution in [0.5, 0.6) is 0 Å². The monoisotopic (exact) mass is 357 g/mol. The molecule has 2 aromatic rings. The topological polar surface area (TPSA) is 71.5 Å². The van der Waals surface area contributed by atoms with Crippen LogP contribution < -0.4 is 5.32 Å². The number of nitrogens with zero attached hydrogens (tertiary/aromatic N) is 2. The van der Waals surface area contributed by atoms with Crippen molar-refractivity contribution < 1.29 is 14.3 Å². The van der Waals surface area contributed by atoms with E-state index in [2.05, 4.69) is 10.3 Å². The number of hydrogen-bond donors (Lipinski definition) is 1. The third-order valence-electron chi connectivity index (χ3n) is 4.53. The second-order valence-corrected chi connectivity index (χ2v) is 7.12. The average molecular weight is 357 g/mol. The number of rotatable bonds is 5. The Morgan fingerprint density at radius 1 is 1.40 bits per heavy atom. The van der Waals surface area contributed by atoms with Crippen molar-refractivity contribution in [2.75, 3.05) is 6.61 Å². The van der Waals surface area contributed by atoms with Gasteiger partial charge in [-0.25, -0.2) is 0 Å². The van der Waals surface area contributed by atoms with Gasteiger partial charge in [0.05, 0.1) is 6.04 Å². The minimum Gasteiger partial charge on any atom is -0.356 e. The van der Waals surface area contributed by atoms with Crippen molar-refractivity contribution in [3.8, 4) is 0 Å². The van der Waals surface area contributed by atoms with E-state index < -0.39 is 12.1 Å². The van der Waals surface area contributed by atoms with Crippen molar-refractivity contribution in [3.63, 3.8) is 0 Å². The van der Waals surface area contributed by atoms with Gasteiger partial charge < -0.3 is 15.0 Å². The number of morpholine rings is 1. The molecule has 0 bridgehead atoms. The van der Waals surface area contributed by atoms with E-state index in [0.717, 1.165) is 24.0 Å². The Labute approximate surface area is 149 Å². The fourth-order valence-electron chi connectivity index (χ4n) is 3.20. The van der Waals surface area contributed by atoms with Crippen molar-refractivity contribution in [2.24, 2.45) is 0 Å². The van der Waals surface area contributed by atoms with Gasteiger partial charge in [0.1, 0.15) is 6.61 Å². The molecule has 3 heterocycles. The van der Waals surface area contributed by atoms with Gasteiger partial charge in [0, 0.05) is 25.0 Å². The minimum atomic E-state index is -0.721. The van der Waals surface area contributed by atoms with E-state index in [1.165, 1.54) is 0 Å². The van der Waals surface area contributed by atoms with Crippen molar-refractivity contribution in [1.82, 2.24) is 15.2 Å². The first kappa shape index (κ1) is 16.2. The Bertz CT molecular complexity index is 746. The summed E-state index contributed by atoms with van der Waals surface area (Å²) in [6, 6.07) is 5.47. The highest BCUT2D eigenvalue weighted by Crippen LogP contribution is 2.39. The fraction of sp³-hybridized carbons (Fsp3) is 0.389. The van der Waals surface area contributed by atoms with E-state index >= 15 is 0 Å². The summed E-state index contributed by atoms with van der Waals surface area (Å²) in [7, 11) is 0. The second-order valence-electron chi connectivity index (χ2n) is 6.34. The van der Waals surface area contributed by atoms with Gasteiger partial charge in [-0.3, -0.25) is 14.6 Å². The number of carbonyl (C=O) groups is 2. The van der Waals surface area contributed by atoms with Gasteiger partial charge in [-0.1, -0.05) is 6.07 Å². The molecule has 25 heavy (non-hydrogen) atoms. The fourth-order valence-corrected chi connectivity index (χ4v) is 3.87. The minimum absolute atomic E-state index is 0.0518. The van der Waals surface area contributed by atoms with Crippen molar-refractivity contribution >= 4 is 23.2 Å². The molecule has 1 aliphatic heterocycles. The maximum absolute atomic E-state index is 12.8. The molecule has 2 atom stereocenters. The molecule has 2 aliphatic rings. The lowest BCUT2D eigenvalue weighted by atomic mass is 9.98. The van der Waals surface area contributed by atoms with Crippen molar-refractivity contribution in [3.05, 3.63) is 52.5 Å². The number of nitrogens with one attached hydrogen (secondary N) is 1. The summed E-state index contributed by atoms with van der Waals surface area (Å²) < 4.78 is 5.67. The standard InChI is InChI=1S/C18H19N3O3S/c22-15-10-24-17(18(23)20-8-12-5-7-25-11-12)16(21(15)14-3-4-14)13-2-1-6-19-9-13/h1-2,5-7,9,11,14,16-17H,3-4,8,10H2,(H,20,23)/t16-,17+/m1/s1. The Kier molecular flexibility index (Phi) is 4.50. The first-order valence-electron chi connectivity index (χ1n) is 8.35. The number of ether oxygens (including phenoxy) is 1. The van der Waals surface area contributed by atoms with Crippen LogP contribution in [-0.2, 0) is 20.9 Å². The summed E-state index contributed by atoms with van der Waals surface area (Å²) in [5.74, 6) is -0.253. The number of aromatic nitrogens is 1. The summed E-state index contributed by atoms with van der Waals surface area (Å²) in [5.41, 5.74) is 1.89. The van der Waals surface area contributed by atoms with E-state index in [1.54, 1.807) is 23.7 Å². The zero-order valence-corrected chi connectivity index (χ0v) is 14.4. The molecule has 1 saturated heterocycles. The molecule has 2 aromatic heterocycles. The predicted octanol–water partition coefficient (Wildman–Crippen LogP) is 1.89. The number of pyridine rings is 1. The summed E-state index contributed by atoms with van der Waals surface area (Å²) in [4.78, 5) is 31.2. The highest BCUT2D eigenvalue weighted by Gasteiger charge is 2.47. The van der Waals surface area contributed by atoms with Crippen LogP contribution in [0.1, 0.15) is 30.0 Å². The quantitative estimate of drug-likeness (QED) is 0.887. The first-order chi connectivity index (χ1) is 12.2. The van der Waals surface area contributed by atoms with E-state index in [-0.39, 0.29) is 24.5 Å². The molecule has 2 fully saturated rings. The van der Waals surface area contributed by atoms with Gasteiger partial charge in [-0.2, -0.15) is 11.3 Å². The van der Waals surface area contributed by atoms with Gasteiger partial charge in [0.2, 0.25) is 5.91 Å². The summed E-state index contributed by atoms with van der Waals surface area (Å²) in [6.45, 7) is 0.406. The van der Waals surface area contributed by atoms with Crippen LogP contribution >= 0.6 is 11.3 Å². The number of thiophene rings is 1. The van der Waals surface area contributed by atoms with Gasteiger partial charge in [0.25, 0.3) is 5.91 Å². The van der Waals surface area contributed by atoms with Gasteiger partial charge in [0.15, 0.2) is 6.10 Å². The molecular weight excluding hydrogens is 338 g/mol. The zero-order valence-electron chi connectivity index (χ0n) is 13.6. The Morgan fingerprint density at radius 3 is 2.96 bits per heavy atom. The van der Waals surface area contributed by atoms with Crippen LogP contribution in [0.15, 0.2) is 41.4 Å². The lowest BCUT2D eigenvalue weighted by Crippen LogP contribution is -2.55. The van der Waals surface area contributed by atoms with E-state index in [1.807, 2.05) is 33.9 Å². The van der Waals surface area contributed by atoms with E-state index in [0.29, 0.717) is 6.54 Å². The largest absolute Gasteiger partial charge is 0.356 e. The smallest absolute Gasteiger partial charge is 0.251 e. The summed E-state index contributed by atoms with van der Waals surface area (Å²) in [6.07, 6.45) is 4.63. The van der Waals surface area contributed by atoms with Crippen molar-refractivity contribution in [1.29, 1.82) is 0 Å². The van der Waals surface area contributed by atoms with Gasteiger partial charge in [-0.15, -0.1) is 0 Å². The van der Waals surface area contributed by atoms with Crippen LogP contribution in [0.25, 0.3) is 0 Å². The molecule has 1 N–H and O–H groups in total. The average Bonchev–Trinajstić information content (AvgIpc) is 3.34. The molecule has 6 nitrogen and oxygen atoms in total. The van der Waals surface area contributed by atoms with E-state index in [4.69, 9.17) is 4.74 Å². The molecule has 7 heteroatoms. The second kappa shape index (κ2) is 6.93. The predicted molar refractivity (Wildman–Crippen MR) is 92.8 cm³/mol. The molecular formula is C18H19N3O3S. The van der Waals surface area contributed by atoms with Crippen molar-refractivity contribution in [2.45, 2.75) is 37.6 Å². The molecule has 0 spiro atoms. The highest BCUT2D eigenvalue weighted by molar-refractivity contribution is 7.07. The maximum Gasteiger partial charge on any atom is 0.251 e. The number of hydrogen-bond acceptors (Lipinski definition) is 5.